The maximum Gasteiger partial charge on any atom is 0.330 e. The molecule has 1 aliphatic carbocycles. The Morgan fingerprint density at radius 2 is 1.26 bits per heavy atom. The minimum absolute atomic E-state index is 0.0335. The largest absolute Gasteiger partial charge is 0.462 e. The van der Waals surface area contributed by atoms with Gasteiger partial charge in [0, 0.05) is 18.2 Å². The van der Waals surface area contributed by atoms with E-state index in [0.29, 0.717) is 5.56 Å². The van der Waals surface area contributed by atoms with Crippen LogP contribution < -0.4 is 0 Å². The zero-order chi connectivity index (χ0) is 28.0. The molecule has 11 heteroatoms. The third-order valence-corrected chi connectivity index (χ3v) is 7.14. The summed E-state index contributed by atoms with van der Waals surface area (Å²) in [6.07, 6.45) is 7.01. The zero-order valence-electron chi connectivity index (χ0n) is 21.3. The van der Waals surface area contributed by atoms with Gasteiger partial charge in [0.05, 0.1) is 29.6 Å². The van der Waals surface area contributed by atoms with Crippen LogP contribution in [0.1, 0.15) is 37.7 Å². The number of hydrogen-bond donors (Lipinski definition) is 0. The average Bonchev–Trinajstić information content (AvgIpc) is 2.93. The minimum Gasteiger partial charge on any atom is -0.462 e. The lowest BCUT2D eigenvalue weighted by atomic mass is 9.92. The molecule has 0 radical (unpaired) electrons. The van der Waals surface area contributed by atoms with Gasteiger partial charge in [0.2, 0.25) is 0 Å². The third kappa shape index (κ3) is 10.2. The second-order valence-corrected chi connectivity index (χ2v) is 10.5. The molecule has 0 amide bonds. The van der Waals surface area contributed by atoms with Crippen LogP contribution in [0, 0.1) is 5.41 Å². The number of benzene rings is 1. The molecule has 0 N–H and O–H groups in total. The van der Waals surface area contributed by atoms with Crippen LogP contribution in [0.2, 0.25) is 0 Å². The molecule has 0 saturated heterocycles. The van der Waals surface area contributed by atoms with Crippen LogP contribution in [-0.4, -0.2) is 58.9 Å². The second-order valence-electron chi connectivity index (χ2n) is 8.88. The van der Waals surface area contributed by atoms with E-state index in [0.717, 1.165) is 50.3 Å². The SMILES string of the molecule is C=CC(=O)OCC(COCc1ccc(S(=O)(=O)OC2CCCCC2)cc1)(COC(=O)C=C)COC(=O)C=C. The van der Waals surface area contributed by atoms with E-state index >= 15 is 0 Å². The first-order valence-corrected chi connectivity index (χ1v) is 13.5. The van der Waals surface area contributed by atoms with E-state index in [4.69, 9.17) is 23.1 Å². The van der Waals surface area contributed by atoms with Crippen molar-refractivity contribution >= 4 is 28.0 Å². The van der Waals surface area contributed by atoms with Crippen molar-refractivity contribution in [1.82, 2.24) is 0 Å². The van der Waals surface area contributed by atoms with Crippen LogP contribution in [0.15, 0.2) is 67.1 Å². The first-order valence-electron chi connectivity index (χ1n) is 12.1. The van der Waals surface area contributed by atoms with Crippen molar-refractivity contribution in [3.8, 4) is 0 Å². The quantitative estimate of drug-likeness (QED) is 0.131. The van der Waals surface area contributed by atoms with Crippen molar-refractivity contribution in [2.75, 3.05) is 26.4 Å². The maximum atomic E-state index is 12.6. The molecule has 0 heterocycles. The van der Waals surface area contributed by atoms with Gasteiger partial charge in [-0.3, -0.25) is 4.18 Å². The topological polar surface area (TPSA) is 132 Å². The van der Waals surface area contributed by atoms with Gasteiger partial charge in [-0.1, -0.05) is 51.1 Å². The van der Waals surface area contributed by atoms with Crippen LogP contribution in [0.3, 0.4) is 0 Å². The van der Waals surface area contributed by atoms with Crippen LogP contribution in [0.5, 0.6) is 0 Å². The summed E-state index contributed by atoms with van der Waals surface area (Å²) in [5.74, 6) is -2.19. The van der Waals surface area contributed by atoms with Gasteiger partial charge in [-0.2, -0.15) is 8.42 Å². The van der Waals surface area contributed by atoms with Crippen molar-refractivity contribution < 1.29 is 45.9 Å². The molecule has 0 atom stereocenters. The molecule has 0 spiro atoms. The van der Waals surface area contributed by atoms with Gasteiger partial charge in [-0.25, -0.2) is 14.4 Å². The molecule has 1 aliphatic rings. The zero-order valence-corrected chi connectivity index (χ0v) is 22.1. The van der Waals surface area contributed by atoms with E-state index in [-0.39, 0.29) is 44.0 Å². The Hall–Kier alpha value is -3.28. The summed E-state index contributed by atoms with van der Waals surface area (Å²) in [5, 5.41) is 0. The summed E-state index contributed by atoms with van der Waals surface area (Å²) < 4.78 is 51.9. The molecule has 1 fully saturated rings. The Kier molecular flexibility index (Phi) is 12.4. The molecular weight excluding hydrogens is 516 g/mol. The molecule has 2 rings (SSSR count). The summed E-state index contributed by atoms with van der Waals surface area (Å²) in [4.78, 5) is 35.1. The molecule has 1 saturated carbocycles. The highest BCUT2D eigenvalue weighted by Gasteiger charge is 2.36. The van der Waals surface area contributed by atoms with Gasteiger partial charge in [0.1, 0.15) is 19.8 Å². The predicted octanol–water partition coefficient (Wildman–Crippen LogP) is 3.42. The predicted molar refractivity (Wildman–Crippen MR) is 137 cm³/mol. The Morgan fingerprint density at radius 1 is 0.789 bits per heavy atom. The summed E-state index contributed by atoms with van der Waals surface area (Å²) >= 11 is 0. The molecule has 0 bridgehead atoms. The fourth-order valence-corrected chi connectivity index (χ4v) is 4.76. The van der Waals surface area contributed by atoms with E-state index in [1.54, 1.807) is 12.1 Å². The van der Waals surface area contributed by atoms with Gasteiger partial charge in [-0.15, -0.1) is 0 Å². The van der Waals surface area contributed by atoms with E-state index < -0.39 is 33.4 Å². The first kappa shape index (κ1) is 30.9. The number of hydrogen-bond acceptors (Lipinski definition) is 10. The average molecular weight is 551 g/mol. The van der Waals surface area contributed by atoms with Crippen molar-refractivity contribution in [2.24, 2.45) is 5.41 Å². The van der Waals surface area contributed by atoms with E-state index in [1.165, 1.54) is 12.1 Å². The Balaban J connectivity index is 2.09. The first-order chi connectivity index (χ1) is 18.1. The summed E-state index contributed by atoms with van der Waals surface area (Å²) in [7, 11) is -3.89. The molecule has 0 unspecified atom stereocenters. The van der Waals surface area contributed by atoms with Crippen molar-refractivity contribution in [2.45, 2.75) is 49.7 Å². The van der Waals surface area contributed by atoms with Crippen LogP contribution in [0.4, 0.5) is 0 Å². The van der Waals surface area contributed by atoms with Crippen molar-refractivity contribution in [1.29, 1.82) is 0 Å². The van der Waals surface area contributed by atoms with Crippen LogP contribution in [0.25, 0.3) is 0 Å². The van der Waals surface area contributed by atoms with Gasteiger partial charge in [0.15, 0.2) is 0 Å². The third-order valence-electron chi connectivity index (χ3n) is 5.77. The highest BCUT2D eigenvalue weighted by atomic mass is 32.2. The number of rotatable bonds is 16. The van der Waals surface area contributed by atoms with Crippen LogP contribution >= 0.6 is 0 Å². The molecule has 10 nitrogen and oxygen atoms in total. The number of ether oxygens (including phenoxy) is 4. The van der Waals surface area contributed by atoms with Crippen molar-refractivity contribution in [3.05, 3.63) is 67.8 Å². The fraction of sp³-hybridized carbons (Fsp3) is 0.444. The smallest absolute Gasteiger partial charge is 0.330 e. The fourth-order valence-electron chi connectivity index (χ4n) is 3.63. The molecular formula is C27H34O10S. The van der Waals surface area contributed by atoms with E-state index in [9.17, 15) is 22.8 Å². The maximum absolute atomic E-state index is 12.6. The monoisotopic (exact) mass is 550 g/mol. The number of carbonyl (C=O) groups is 3. The summed E-state index contributed by atoms with van der Waals surface area (Å²) in [6, 6.07) is 6.05. The molecule has 1 aromatic carbocycles. The number of carbonyl (C=O) groups excluding carboxylic acids is 3. The Labute approximate surface area is 223 Å². The molecule has 0 aliphatic heterocycles. The summed E-state index contributed by atoms with van der Waals surface area (Å²) in [6.45, 7) is 8.95. The highest BCUT2D eigenvalue weighted by molar-refractivity contribution is 7.86. The minimum atomic E-state index is -3.89. The molecule has 208 valence electrons. The van der Waals surface area contributed by atoms with Gasteiger partial charge in [-0.05, 0) is 30.5 Å². The normalized spacial score (nSPS) is 14.2. The Morgan fingerprint density at radius 3 is 1.71 bits per heavy atom. The standard InChI is InChI=1S/C27H34O10S/c1-4-24(28)34-18-27(19-35-25(29)5-2,20-36-26(30)6-3)17-33-16-21-12-14-23(15-13-21)38(31,32)37-22-10-8-7-9-11-22/h4-6,12-15,22H,1-3,7-11,16-20H2. The molecule has 1 aromatic rings. The lowest BCUT2D eigenvalue weighted by molar-refractivity contribution is -0.161. The van der Waals surface area contributed by atoms with Gasteiger partial charge in [0.25, 0.3) is 10.1 Å². The van der Waals surface area contributed by atoms with Gasteiger partial charge < -0.3 is 18.9 Å². The van der Waals surface area contributed by atoms with Crippen molar-refractivity contribution in [3.63, 3.8) is 0 Å². The summed E-state index contributed by atoms with van der Waals surface area (Å²) in [5.41, 5.74) is -0.614. The van der Waals surface area contributed by atoms with E-state index in [2.05, 4.69) is 19.7 Å². The highest BCUT2D eigenvalue weighted by Crippen LogP contribution is 2.26. The Bertz CT molecular complexity index is 1030. The second kappa shape index (κ2) is 15.2. The molecule has 0 aromatic heterocycles. The van der Waals surface area contributed by atoms with Gasteiger partial charge >= 0.3 is 17.9 Å². The lowest BCUT2D eigenvalue weighted by Gasteiger charge is -2.31. The molecule has 38 heavy (non-hydrogen) atoms. The van der Waals surface area contributed by atoms with Crippen LogP contribution in [-0.2, 0) is 54.2 Å². The lowest BCUT2D eigenvalue weighted by Crippen LogP contribution is -2.43. The number of esters is 3. The van der Waals surface area contributed by atoms with E-state index in [1.807, 2.05) is 0 Å².